The molecule has 2 aromatic rings. The van der Waals surface area contributed by atoms with Crippen LogP contribution >= 0.6 is 15.9 Å². The molecule has 2 aromatic carbocycles. The van der Waals surface area contributed by atoms with Gasteiger partial charge >= 0.3 is 0 Å². The van der Waals surface area contributed by atoms with Crippen molar-refractivity contribution in [2.75, 3.05) is 33.9 Å². The van der Waals surface area contributed by atoms with E-state index in [0.717, 1.165) is 48.1 Å². The smallest absolute Gasteiger partial charge is 0.240 e. The van der Waals surface area contributed by atoms with Gasteiger partial charge in [0.25, 0.3) is 0 Å². The summed E-state index contributed by atoms with van der Waals surface area (Å²) in [6, 6.07) is 10.9. The molecule has 0 aromatic heterocycles. The van der Waals surface area contributed by atoms with Gasteiger partial charge in [0.2, 0.25) is 10.0 Å². The van der Waals surface area contributed by atoms with Gasteiger partial charge in [0.1, 0.15) is 0 Å². The normalized spacial score (nSPS) is 17.7. The van der Waals surface area contributed by atoms with Gasteiger partial charge in [-0.15, -0.1) is 0 Å². The molecule has 0 radical (unpaired) electrons. The van der Waals surface area contributed by atoms with Crippen LogP contribution in [-0.2, 0) is 16.6 Å². The Kier molecular flexibility index (Phi) is 7.79. The van der Waals surface area contributed by atoms with E-state index < -0.39 is 10.0 Å². The van der Waals surface area contributed by atoms with Crippen LogP contribution in [0.25, 0.3) is 0 Å². The van der Waals surface area contributed by atoms with Crippen molar-refractivity contribution < 1.29 is 17.9 Å². The molecule has 1 atom stereocenters. The Labute approximate surface area is 187 Å². The number of piperidine rings is 1. The highest BCUT2D eigenvalue weighted by Gasteiger charge is 2.24. The predicted octanol–water partition coefficient (Wildman–Crippen LogP) is 3.97. The van der Waals surface area contributed by atoms with Crippen molar-refractivity contribution in [2.24, 2.45) is 5.92 Å². The fraction of sp³-hybridized carbons (Fsp3) is 0.455. The molecule has 8 heteroatoms. The molecule has 1 heterocycles. The summed E-state index contributed by atoms with van der Waals surface area (Å²) in [6.45, 7) is 4.98. The van der Waals surface area contributed by atoms with Crippen molar-refractivity contribution in [2.45, 2.75) is 31.2 Å². The van der Waals surface area contributed by atoms with Crippen LogP contribution in [0, 0.1) is 12.8 Å². The molecular formula is C22H29BrN2O4S. The predicted molar refractivity (Wildman–Crippen MR) is 122 cm³/mol. The number of hydrogen-bond donors (Lipinski definition) is 1. The summed E-state index contributed by atoms with van der Waals surface area (Å²) in [5.41, 5.74) is 2.16. The third kappa shape index (κ3) is 5.55. The first kappa shape index (κ1) is 23.1. The Morgan fingerprint density at radius 3 is 2.53 bits per heavy atom. The van der Waals surface area contributed by atoms with Crippen LogP contribution in [0.1, 0.15) is 24.0 Å². The molecule has 0 amide bonds. The molecule has 1 fully saturated rings. The minimum absolute atomic E-state index is 0.276. The fourth-order valence-corrected chi connectivity index (χ4v) is 5.51. The molecule has 1 aliphatic rings. The second kappa shape index (κ2) is 10.1. The van der Waals surface area contributed by atoms with E-state index in [-0.39, 0.29) is 5.92 Å². The van der Waals surface area contributed by atoms with Gasteiger partial charge in [0.05, 0.1) is 23.6 Å². The third-order valence-electron chi connectivity index (χ3n) is 5.46. The highest BCUT2D eigenvalue weighted by Crippen LogP contribution is 2.38. The van der Waals surface area contributed by atoms with E-state index in [1.807, 2.05) is 31.2 Å². The lowest BCUT2D eigenvalue weighted by Crippen LogP contribution is -2.40. The van der Waals surface area contributed by atoms with E-state index in [1.54, 1.807) is 26.4 Å². The number of nitrogens with one attached hydrogen (secondary N) is 1. The molecule has 1 saturated heterocycles. The summed E-state index contributed by atoms with van der Waals surface area (Å²) in [5, 5.41) is 0. The first-order valence-electron chi connectivity index (χ1n) is 10.0. The van der Waals surface area contributed by atoms with Gasteiger partial charge < -0.3 is 9.47 Å². The van der Waals surface area contributed by atoms with Gasteiger partial charge in [-0.3, -0.25) is 4.90 Å². The van der Waals surface area contributed by atoms with Crippen molar-refractivity contribution in [3.63, 3.8) is 0 Å². The van der Waals surface area contributed by atoms with Gasteiger partial charge in [-0.2, -0.15) is 0 Å². The van der Waals surface area contributed by atoms with Crippen molar-refractivity contribution in [1.29, 1.82) is 0 Å². The summed E-state index contributed by atoms with van der Waals surface area (Å²) >= 11 is 3.64. The second-order valence-corrected chi connectivity index (χ2v) is 10.2. The highest BCUT2D eigenvalue weighted by atomic mass is 79.9. The Balaban J connectivity index is 1.61. The number of halogens is 1. The van der Waals surface area contributed by atoms with Gasteiger partial charge in [-0.25, -0.2) is 13.1 Å². The molecule has 1 N–H and O–H groups in total. The maximum Gasteiger partial charge on any atom is 0.240 e. The minimum Gasteiger partial charge on any atom is -0.493 e. The number of rotatable bonds is 8. The number of aryl methyl sites for hydroxylation is 1. The van der Waals surface area contributed by atoms with Crippen LogP contribution < -0.4 is 14.2 Å². The Morgan fingerprint density at radius 1 is 1.13 bits per heavy atom. The fourth-order valence-electron chi connectivity index (χ4n) is 3.78. The lowest BCUT2D eigenvalue weighted by Gasteiger charge is -2.33. The summed E-state index contributed by atoms with van der Waals surface area (Å²) in [5.74, 6) is 1.66. The van der Waals surface area contributed by atoms with Gasteiger partial charge in [-0.1, -0.05) is 23.8 Å². The third-order valence-corrected chi connectivity index (χ3v) is 7.76. The average Bonchev–Trinajstić information content (AvgIpc) is 2.74. The molecule has 164 valence electrons. The van der Waals surface area contributed by atoms with E-state index in [0.29, 0.717) is 22.9 Å². The summed E-state index contributed by atoms with van der Waals surface area (Å²) in [7, 11) is -0.232. The minimum atomic E-state index is -3.48. The van der Waals surface area contributed by atoms with Crippen molar-refractivity contribution in [1.82, 2.24) is 9.62 Å². The Bertz CT molecular complexity index is 964. The maximum atomic E-state index is 12.6. The quantitative estimate of drug-likeness (QED) is 0.598. The van der Waals surface area contributed by atoms with Crippen LogP contribution in [-0.4, -0.2) is 47.2 Å². The van der Waals surface area contributed by atoms with E-state index in [4.69, 9.17) is 9.47 Å². The van der Waals surface area contributed by atoms with Crippen molar-refractivity contribution in [3.05, 3.63) is 52.0 Å². The lowest BCUT2D eigenvalue weighted by molar-refractivity contribution is 0.168. The number of ether oxygens (including phenoxy) is 2. The van der Waals surface area contributed by atoms with E-state index in [2.05, 4.69) is 25.6 Å². The van der Waals surface area contributed by atoms with E-state index in [9.17, 15) is 8.42 Å². The van der Waals surface area contributed by atoms with Gasteiger partial charge in [0.15, 0.2) is 11.5 Å². The SMILES string of the molecule is COc1ccc(CN2CCCC(CNS(=O)(=O)c3ccc(C)cc3)C2)c(Br)c1OC. The topological polar surface area (TPSA) is 67.9 Å². The van der Waals surface area contributed by atoms with Crippen molar-refractivity contribution in [3.8, 4) is 11.5 Å². The zero-order valence-corrected chi connectivity index (χ0v) is 20.1. The first-order chi connectivity index (χ1) is 14.3. The Hall–Kier alpha value is -1.61. The van der Waals surface area contributed by atoms with E-state index >= 15 is 0 Å². The number of likely N-dealkylation sites (tertiary alicyclic amines) is 1. The van der Waals surface area contributed by atoms with Crippen LogP contribution in [0.3, 0.4) is 0 Å². The molecule has 0 spiro atoms. The first-order valence-corrected chi connectivity index (χ1v) is 12.3. The summed E-state index contributed by atoms with van der Waals surface area (Å²) < 4.78 is 39.7. The number of sulfonamides is 1. The second-order valence-electron chi connectivity index (χ2n) is 7.68. The molecule has 3 rings (SSSR count). The number of methoxy groups -OCH3 is 2. The van der Waals surface area contributed by atoms with E-state index in [1.165, 1.54) is 0 Å². The maximum absolute atomic E-state index is 12.6. The monoisotopic (exact) mass is 496 g/mol. The zero-order valence-electron chi connectivity index (χ0n) is 17.7. The summed E-state index contributed by atoms with van der Waals surface area (Å²) in [6.07, 6.45) is 2.06. The highest BCUT2D eigenvalue weighted by molar-refractivity contribution is 9.10. The standard InChI is InChI=1S/C22H29BrN2O4S/c1-16-6-9-19(10-7-16)30(26,27)24-13-17-5-4-12-25(14-17)15-18-8-11-20(28-2)22(29-3)21(18)23/h6-11,17,24H,4-5,12-15H2,1-3H3. The van der Waals surface area contributed by atoms with Crippen LogP contribution in [0.15, 0.2) is 45.8 Å². The molecule has 30 heavy (non-hydrogen) atoms. The molecule has 0 aliphatic carbocycles. The molecule has 0 bridgehead atoms. The van der Waals surface area contributed by atoms with Crippen LogP contribution in [0.5, 0.6) is 11.5 Å². The molecule has 0 saturated carbocycles. The summed E-state index contributed by atoms with van der Waals surface area (Å²) in [4.78, 5) is 2.68. The number of hydrogen-bond acceptors (Lipinski definition) is 5. The lowest BCUT2D eigenvalue weighted by atomic mass is 9.98. The van der Waals surface area contributed by atoms with Gasteiger partial charge in [0, 0.05) is 19.6 Å². The Morgan fingerprint density at radius 2 is 1.87 bits per heavy atom. The van der Waals surface area contributed by atoms with Crippen LogP contribution in [0.4, 0.5) is 0 Å². The number of benzene rings is 2. The molecule has 6 nitrogen and oxygen atoms in total. The largest absolute Gasteiger partial charge is 0.493 e. The average molecular weight is 497 g/mol. The molecule has 1 aliphatic heterocycles. The molecule has 1 unspecified atom stereocenters. The van der Waals surface area contributed by atoms with Crippen LogP contribution in [0.2, 0.25) is 0 Å². The molecular weight excluding hydrogens is 468 g/mol. The van der Waals surface area contributed by atoms with Crippen molar-refractivity contribution >= 4 is 26.0 Å². The number of nitrogens with zero attached hydrogens (tertiary/aromatic N) is 1. The zero-order chi connectivity index (χ0) is 21.7. The van der Waals surface area contributed by atoms with Gasteiger partial charge in [-0.05, 0) is 71.9 Å².